The largest absolute Gasteiger partial charge is 0.484 e. The summed E-state index contributed by atoms with van der Waals surface area (Å²) in [7, 11) is 3.29. The van der Waals surface area contributed by atoms with Crippen LogP contribution < -0.4 is 4.74 Å². The molecule has 23 heavy (non-hydrogen) atoms. The van der Waals surface area contributed by atoms with Gasteiger partial charge >= 0.3 is 0 Å². The molecule has 1 heterocycles. The van der Waals surface area contributed by atoms with Crippen LogP contribution in [0.1, 0.15) is 31.7 Å². The number of carbonyl (C=O) groups excluding carboxylic acids is 1. The first-order valence-corrected chi connectivity index (χ1v) is 8.22. The van der Waals surface area contributed by atoms with Crippen molar-refractivity contribution in [2.45, 2.75) is 38.4 Å². The zero-order valence-corrected chi connectivity index (χ0v) is 14.3. The van der Waals surface area contributed by atoms with Crippen LogP contribution in [0.5, 0.6) is 5.75 Å². The third-order valence-corrected chi connectivity index (χ3v) is 4.45. The van der Waals surface area contributed by atoms with Gasteiger partial charge in [0.05, 0.1) is 0 Å². The van der Waals surface area contributed by atoms with E-state index in [-0.39, 0.29) is 12.5 Å². The van der Waals surface area contributed by atoms with E-state index in [4.69, 9.17) is 14.2 Å². The third kappa shape index (κ3) is 4.69. The van der Waals surface area contributed by atoms with Crippen molar-refractivity contribution in [2.75, 3.05) is 33.9 Å². The molecule has 1 saturated heterocycles. The maximum absolute atomic E-state index is 12.2. The molecule has 5 heteroatoms. The molecule has 1 aromatic rings. The summed E-state index contributed by atoms with van der Waals surface area (Å²) < 4.78 is 16.5. The van der Waals surface area contributed by atoms with Gasteiger partial charge in [0.1, 0.15) is 5.75 Å². The van der Waals surface area contributed by atoms with Gasteiger partial charge in [-0.05, 0) is 24.1 Å². The van der Waals surface area contributed by atoms with E-state index in [2.05, 4.69) is 19.1 Å². The van der Waals surface area contributed by atoms with Gasteiger partial charge in [-0.2, -0.15) is 0 Å². The molecule has 0 radical (unpaired) electrons. The highest BCUT2D eigenvalue weighted by molar-refractivity contribution is 5.77. The van der Waals surface area contributed by atoms with Crippen LogP contribution in [0.2, 0.25) is 0 Å². The van der Waals surface area contributed by atoms with Gasteiger partial charge in [-0.25, -0.2) is 0 Å². The fourth-order valence-corrected chi connectivity index (χ4v) is 2.87. The quantitative estimate of drug-likeness (QED) is 0.724. The van der Waals surface area contributed by atoms with Gasteiger partial charge in [-0.15, -0.1) is 0 Å². The first kappa shape index (κ1) is 17.8. The second-order valence-corrected chi connectivity index (χ2v) is 5.88. The number of nitrogens with zero attached hydrogens (tertiary/aromatic N) is 1. The maximum atomic E-state index is 12.2. The van der Waals surface area contributed by atoms with Crippen LogP contribution in [0, 0.1) is 0 Å². The predicted octanol–water partition coefficient (Wildman–Crippen LogP) is 2.63. The Kier molecular flexibility index (Phi) is 6.42. The Balaban J connectivity index is 1.79. The lowest BCUT2D eigenvalue weighted by molar-refractivity contribution is -0.228. The Labute approximate surface area is 138 Å². The third-order valence-electron chi connectivity index (χ3n) is 4.45. The minimum Gasteiger partial charge on any atom is -0.484 e. The first-order chi connectivity index (χ1) is 11.1. The van der Waals surface area contributed by atoms with Crippen molar-refractivity contribution in [3.63, 3.8) is 0 Å². The molecule has 1 aliphatic rings. The van der Waals surface area contributed by atoms with Crippen molar-refractivity contribution in [2.24, 2.45) is 0 Å². The SMILES string of the molecule is CCCc1ccc(OCC(=O)N2CCC(OC)(OC)CC2)cc1. The summed E-state index contributed by atoms with van der Waals surface area (Å²) in [4.78, 5) is 14.1. The van der Waals surface area contributed by atoms with Gasteiger partial charge in [-0.3, -0.25) is 4.79 Å². The van der Waals surface area contributed by atoms with Crippen molar-refractivity contribution in [3.05, 3.63) is 29.8 Å². The van der Waals surface area contributed by atoms with E-state index in [0.717, 1.165) is 18.6 Å². The molecule has 0 spiro atoms. The molecule has 5 nitrogen and oxygen atoms in total. The molecule has 0 unspecified atom stereocenters. The first-order valence-electron chi connectivity index (χ1n) is 8.22. The minimum absolute atomic E-state index is 0.00319. The topological polar surface area (TPSA) is 48.0 Å². The molecule has 2 rings (SSSR count). The molecule has 1 amide bonds. The smallest absolute Gasteiger partial charge is 0.260 e. The second kappa shape index (κ2) is 8.31. The van der Waals surface area contributed by atoms with E-state index in [0.29, 0.717) is 25.9 Å². The van der Waals surface area contributed by atoms with Crippen LogP contribution in [-0.2, 0) is 20.7 Å². The molecule has 1 aliphatic heterocycles. The molecule has 128 valence electrons. The van der Waals surface area contributed by atoms with Gasteiger partial charge in [0.25, 0.3) is 5.91 Å². The molecular weight excluding hydrogens is 294 g/mol. The van der Waals surface area contributed by atoms with Crippen LogP contribution >= 0.6 is 0 Å². The standard InChI is InChI=1S/C18H27NO4/c1-4-5-15-6-8-16(9-7-15)23-14-17(20)19-12-10-18(21-2,22-3)11-13-19/h6-9H,4-5,10-14H2,1-3H3. The number of piperidine rings is 1. The molecule has 0 bridgehead atoms. The average molecular weight is 321 g/mol. The number of likely N-dealkylation sites (tertiary alicyclic amines) is 1. The molecule has 1 fully saturated rings. The normalized spacial score (nSPS) is 17.1. The fourth-order valence-electron chi connectivity index (χ4n) is 2.87. The number of aryl methyl sites for hydroxylation is 1. The van der Waals surface area contributed by atoms with Crippen LogP contribution in [0.15, 0.2) is 24.3 Å². The maximum Gasteiger partial charge on any atom is 0.260 e. The lowest BCUT2D eigenvalue weighted by Crippen LogP contribution is -2.49. The number of rotatable bonds is 7. The molecule has 1 aromatic carbocycles. The van der Waals surface area contributed by atoms with Crippen molar-refractivity contribution in [3.8, 4) is 5.75 Å². The predicted molar refractivity (Wildman–Crippen MR) is 88.5 cm³/mol. The zero-order valence-electron chi connectivity index (χ0n) is 14.3. The summed E-state index contributed by atoms with van der Waals surface area (Å²) in [5.41, 5.74) is 1.29. The van der Waals surface area contributed by atoms with Crippen LogP contribution in [0.3, 0.4) is 0 Å². The van der Waals surface area contributed by atoms with Gasteiger partial charge in [0.15, 0.2) is 12.4 Å². The summed E-state index contributed by atoms with van der Waals surface area (Å²) in [6.45, 7) is 3.47. The van der Waals surface area contributed by atoms with E-state index in [1.807, 2.05) is 17.0 Å². The van der Waals surface area contributed by atoms with E-state index >= 15 is 0 Å². The number of amides is 1. The second-order valence-electron chi connectivity index (χ2n) is 5.88. The van der Waals surface area contributed by atoms with E-state index in [1.54, 1.807) is 14.2 Å². The van der Waals surface area contributed by atoms with E-state index in [9.17, 15) is 4.79 Å². The Morgan fingerprint density at radius 3 is 2.26 bits per heavy atom. The summed E-state index contributed by atoms with van der Waals surface area (Å²) in [6, 6.07) is 7.95. The zero-order chi connectivity index (χ0) is 16.7. The average Bonchev–Trinajstić information content (AvgIpc) is 2.61. The van der Waals surface area contributed by atoms with E-state index < -0.39 is 5.79 Å². The van der Waals surface area contributed by atoms with E-state index in [1.165, 1.54) is 5.56 Å². The lowest BCUT2D eigenvalue weighted by atomic mass is 10.0. The Morgan fingerprint density at radius 1 is 1.13 bits per heavy atom. The summed E-state index contributed by atoms with van der Waals surface area (Å²) in [5.74, 6) is 0.189. The molecule has 0 aliphatic carbocycles. The van der Waals surface area contributed by atoms with Crippen molar-refractivity contribution in [1.82, 2.24) is 4.90 Å². The highest BCUT2D eigenvalue weighted by Crippen LogP contribution is 2.26. The van der Waals surface area contributed by atoms with Crippen LogP contribution in [0.25, 0.3) is 0 Å². The highest BCUT2D eigenvalue weighted by atomic mass is 16.7. The number of hydrogen-bond acceptors (Lipinski definition) is 4. The molecule has 0 atom stereocenters. The lowest BCUT2D eigenvalue weighted by Gasteiger charge is -2.39. The van der Waals surface area contributed by atoms with Crippen LogP contribution in [-0.4, -0.2) is 50.5 Å². The molecule has 0 aromatic heterocycles. The van der Waals surface area contributed by atoms with Crippen molar-refractivity contribution >= 4 is 5.91 Å². The molecule has 0 saturated carbocycles. The molecular formula is C18H27NO4. The number of benzene rings is 1. The number of hydrogen-bond donors (Lipinski definition) is 0. The Morgan fingerprint density at radius 2 is 1.74 bits per heavy atom. The van der Waals surface area contributed by atoms with Gasteiger partial charge in [0.2, 0.25) is 0 Å². The van der Waals surface area contributed by atoms with Gasteiger partial charge in [-0.1, -0.05) is 25.5 Å². The van der Waals surface area contributed by atoms with Gasteiger partial charge < -0.3 is 19.1 Å². The number of ether oxygens (including phenoxy) is 3. The summed E-state index contributed by atoms with van der Waals surface area (Å²) in [6.07, 6.45) is 3.54. The van der Waals surface area contributed by atoms with Crippen LogP contribution in [0.4, 0.5) is 0 Å². The number of methoxy groups -OCH3 is 2. The highest BCUT2D eigenvalue weighted by Gasteiger charge is 2.35. The minimum atomic E-state index is -0.549. The molecule has 0 N–H and O–H groups in total. The monoisotopic (exact) mass is 321 g/mol. The number of carbonyl (C=O) groups is 1. The summed E-state index contributed by atoms with van der Waals surface area (Å²) >= 11 is 0. The Hall–Kier alpha value is -1.59. The van der Waals surface area contributed by atoms with Crippen molar-refractivity contribution in [1.29, 1.82) is 0 Å². The summed E-state index contributed by atoms with van der Waals surface area (Å²) in [5, 5.41) is 0. The van der Waals surface area contributed by atoms with Crippen molar-refractivity contribution < 1.29 is 19.0 Å². The Bertz CT molecular complexity index is 486. The van der Waals surface area contributed by atoms with Gasteiger partial charge in [0, 0.05) is 40.2 Å². The fraction of sp³-hybridized carbons (Fsp3) is 0.611.